The fourth-order valence-corrected chi connectivity index (χ4v) is 3.52. The summed E-state index contributed by atoms with van der Waals surface area (Å²) in [4.78, 5) is 0. The van der Waals surface area contributed by atoms with Gasteiger partial charge in [-0.25, -0.2) is 0 Å². The Balaban J connectivity index is 1.96. The number of allylic oxidation sites excluding steroid dienone is 16. The van der Waals surface area contributed by atoms with Crippen LogP contribution in [0, 0.1) is 5.92 Å². The minimum Gasteiger partial charge on any atom is -0.0625 e. The van der Waals surface area contributed by atoms with E-state index in [0.717, 1.165) is 5.92 Å². The monoisotopic (exact) mass is 316 g/mol. The van der Waals surface area contributed by atoms with Gasteiger partial charge in [0, 0.05) is 0 Å². The van der Waals surface area contributed by atoms with Gasteiger partial charge in [-0.15, -0.1) is 0 Å². The molecule has 0 heteroatoms. The summed E-state index contributed by atoms with van der Waals surface area (Å²) in [5, 5.41) is 0. The van der Waals surface area contributed by atoms with Crippen LogP contribution in [0.3, 0.4) is 0 Å². The summed E-state index contributed by atoms with van der Waals surface area (Å²) < 4.78 is 0. The molecule has 0 heterocycles. The Kier molecular flexibility index (Phi) is 6.07. The Morgan fingerprint density at radius 1 is 0.625 bits per heavy atom. The normalized spacial score (nSPS) is 24.6. The third-order valence-corrected chi connectivity index (χ3v) is 5.08. The zero-order chi connectivity index (χ0) is 16.6. The van der Waals surface area contributed by atoms with Crippen molar-refractivity contribution in [3.8, 4) is 0 Å². The van der Waals surface area contributed by atoms with Crippen LogP contribution in [0.15, 0.2) is 95.2 Å². The summed E-state index contributed by atoms with van der Waals surface area (Å²) in [6.07, 6.45) is 34.1. The first kappa shape index (κ1) is 16.8. The number of rotatable bonds is 0. The summed E-state index contributed by atoms with van der Waals surface area (Å²) >= 11 is 0. The van der Waals surface area contributed by atoms with E-state index in [4.69, 9.17) is 0 Å². The highest BCUT2D eigenvalue weighted by Crippen LogP contribution is 2.29. The van der Waals surface area contributed by atoms with Crippen molar-refractivity contribution >= 4 is 0 Å². The first-order valence-electron chi connectivity index (χ1n) is 9.33. The predicted molar refractivity (Wildman–Crippen MR) is 106 cm³/mol. The molecule has 3 aliphatic rings. The van der Waals surface area contributed by atoms with E-state index < -0.39 is 0 Å². The molecule has 1 unspecified atom stereocenters. The fraction of sp³-hybridized carbons (Fsp3) is 0.333. The van der Waals surface area contributed by atoms with Gasteiger partial charge in [0.25, 0.3) is 0 Å². The predicted octanol–water partition coefficient (Wildman–Crippen LogP) is 6.93. The molecule has 0 nitrogen and oxygen atoms in total. The average Bonchev–Trinajstić information content (AvgIpc) is 2.78. The van der Waals surface area contributed by atoms with E-state index in [0.29, 0.717) is 0 Å². The van der Waals surface area contributed by atoms with E-state index in [1.54, 1.807) is 0 Å². The molecule has 0 aromatic heterocycles. The van der Waals surface area contributed by atoms with Crippen molar-refractivity contribution in [1.82, 2.24) is 0 Å². The van der Waals surface area contributed by atoms with Gasteiger partial charge in [-0.3, -0.25) is 0 Å². The molecule has 0 N–H and O–H groups in total. The molecule has 0 saturated carbocycles. The van der Waals surface area contributed by atoms with Crippen LogP contribution in [0.5, 0.6) is 0 Å². The van der Waals surface area contributed by atoms with Crippen LogP contribution in [0.25, 0.3) is 0 Å². The van der Waals surface area contributed by atoms with Crippen LogP contribution in [-0.2, 0) is 0 Å². The molecule has 0 radical (unpaired) electrons. The van der Waals surface area contributed by atoms with Crippen molar-refractivity contribution in [2.24, 2.45) is 5.92 Å². The van der Waals surface area contributed by atoms with Gasteiger partial charge in [-0.2, -0.15) is 0 Å². The topological polar surface area (TPSA) is 0 Å². The van der Waals surface area contributed by atoms with E-state index in [2.05, 4.69) is 79.8 Å². The summed E-state index contributed by atoms with van der Waals surface area (Å²) in [7, 11) is 0. The Bertz CT molecular complexity index is 684. The SMILES string of the molecule is CC1CCCCC2=C(C=CC=C3C=CC=CC=CC=C3C=C2)CC1. The lowest BCUT2D eigenvalue weighted by atomic mass is 9.96. The van der Waals surface area contributed by atoms with Crippen LogP contribution in [0.1, 0.15) is 45.4 Å². The van der Waals surface area contributed by atoms with Gasteiger partial charge in [0.2, 0.25) is 0 Å². The van der Waals surface area contributed by atoms with E-state index in [9.17, 15) is 0 Å². The maximum absolute atomic E-state index is 2.40. The third-order valence-electron chi connectivity index (χ3n) is 5.08. The second-order valence-electron chi connectivity index (χ2n) is 7.01. The highest BCUT2D eigenvalue weighted by molar-refractivity contribution is 5.54. The van der Waals surface area contributed by atoms with Gasteiger partial charge in [0.1, 0.15) is 0 Å². The van der Waals surface area contributed by atoms with E-state index in [1.165, 1.54) is 60.8 Å². The molecule has 3 rings (SSSR count). The standard InChI is InChI=1S/C24H28/c1-20-10-7-8-13-23-19-18-22-12-6-4-2-3-5-11-21(22)14-9-15-24(23)17-16-20/h2-6,9,11-12,14-15,18-20H,7-8,10,13,16-17H2,1H3. The molecule has 0 spiro atoms. The Morgan fingerprint density at radius 2 is 1.38 bits per heavy atom. The molecular weight excluding hydrogens is 288 g/mol. The lowest BCUT2D eigenvalue weighted by molar-refractivity contribution is 0.473. The van der Waals surface area contributed by atoms with Crippen molar-refractivity contribution in [2.45, 2.75) is 45.4 Å². The maximum atomic E-state index is 2.40. The molecule has 3 aliphatic carbocycles. The van der Waals surface area contributed by atoms with Crippen molar-refractivity contribution in [3.63, 3.8) is 0 Å². The average molecular weight is 316 g/mol. The minimum absolute atomic E-state index is 0.848. The van der Waals surface area contributed by atoms with Gasteiger partial charge in [-0.1, -0.05) is 92.7 Å². The largest absolute Gasteiger partial charge is 0.0625 e. The molecule has 0 aromatic carbocycles. The highest BCUT2D eigenvalue weighted by Gasteiger charge is 2.11. The zero-order valence-electron chi connectivity index (χ0n) is 14.7. The molecule has 0 aliphatic heterocycles. The van der Waals surface area contributed by atoms with Crippen molar-refractivity contribution < 1.29 is 0 Å². The van der Waals surface area contributed by atoms with Gasteiger partial charge in [-0.05, 0) is 53.9 Å². The van der Waals surface area contributed by atoms with Crippen molar-refractivity contribution in [1.29, 1.82) is 0 Å². The first-order valence-corrected chi connectivity index (χ1v) is 9.33. The Hall–Kier alpha value is -2.08. The van der Waals surface area contributed by atoms with E-state index in [-0.39, 0.29) is 0 Å². The van der Waals surface area contributed by atoms with Crippen molar-refractivity contribution in [2.75, 3.05) is 0 Å². The van der Waals surface area contributed by atoms with Crippen molar-refractivity contribution in [3.05, 3.63) is 95.2 Å². The zero-order valence-corrected chi connectivity index (χ0v) is 14.7. The molecule has 0 bridgehead atoms. The lowest BCUT2D eigenvalue weighted by Gasteiger charge is -2.10. The smallest absolute Gasteiger partial charge is 0.0184 e. The second kappa shape index (κ2) is 8.68. The number of hydrogen-bond acceptors (Lipinski definition) is 0. The van der Waals surface area contributed by atoms with Gasteiger partial charge >= 0.3 is 0 Å². The third kappa shape index (κ3) is 4.71. The summed E-state index contributed by atoms with van der Waals surface area (Å²) in [5.41, 5.74) is 5.60. The van der Waals surface area contributed by atoms with Crippen LogP contribution in [-0.4, -0.2) is 0 Å². The first-order chi connectivity index (χ1) is 11.8. The Labute approximate surface area is 147 Å². The van der Waals surface area contributed by atoms with Gasteiger partial charge in [0.15, 0.2) is 0 Å². The molecule has 0 amide bonds. The summed E-state index contributed by atoms with van der Waals surface area (Å²) in [5.74, 6) is 0.848. The molecule has 0 aromatic rings. The maximum Gasteiger partial charge on any atom is -0.0184 e. The quantitative estimate of drug-likeness (QED) is 0.454. The van der Waals surface area contributed by atoms with Crippen LogP contribution >= 0.6 is 0 Å². The number of hydrogen-bond donors (Lipinski definition) is 0. The van der Waals surface area contributed by atoms with Gasteiger partial charge in [0.05, 0.1) is 0 Å². The molecule has 1 atom stereocenters. The highest BCUT2D eigenvalue weighted by atomic mass is 14.2. The van der Waals surface area contributed by atoms with E-state index in [1.807, 2.05) is 0 Å². The van der Waals surface area contributed by atoms with Crippen LogP contribution in [0.4, 0.5) is 0 Å². The van der Waals surface area contributed by atoms with Crippen LogP contribution < -0.4 is 0 Å². The Morgan fingerprint density at radius 3 is 2.33 bits per heavy atom. The minimum atomic E-state index is 0.848. The fourth-order valence-electron chi connectivity index (χ4n) is 3.52. The summed E-state index contributed by atoms with van der Waals surface area (Å²) in [6, 6.07) is 0. The second-order valence-corrected chi connectivity index (χ2v) is 7.01. The molecule has 124 valence electrons. The van der Waals surface area contributed by atoms with E-state index >= 15 is 0 Å². The van der Waals surface area contributed by atoms with Gasteiger partial charge < -0.3 is 0 Å². The molecule has 0 fully saturated rings. The molecule has 24 heavy (non-hydrogen) atoms. The molecular formula is C24H28. The summed E-state index contributed by atoms with van der Waals surface area (Å²) in [6.45, 7) is 2.40. The van der Waals surface area contributed by atoms with Crippen LogP contribution in [0.2, 0.25) is 0 Å². The lowest BCUT2D eigenvalue weighted by Crippen LogP contribution is -1.94. The number of fused-ring (bicyclic) bond motifs is 1. The molecule has 0 saturated heterocycles.